The van der Waals surface area contributed by atoms with Crippen molar-refractivity contribution < 1.29 is 46.2 Å². The molecule has 2 saturated heterocycles. The highest BCUT2D eigenvalue weighted by molar-refractivity contribution is 6.12. The first-order valence-electron chi connectivity index (χ1n) is 18.6. The molecule has 2 aromatic carbocycles. The lowest BCUT2D eigenvalue weighted by Crippen LogP contribution is -2.44. The molecule has 2 aliphatic rings. The third-order valence-corrected chi connectivity index (χ3v) is 9.28. The zero-order valence-electron chi connectivity index (χ0n) is 33.1. The summed E-state index contributed by atoms with van der Waals surface area (Å²) >= 11 is 0. The highest BCUT2D eigenvalue weighted by Gasteiger charge is 2.29. The fourth-order valence-corrected chi connectivity index (χ4v) is 6.21. The summed E-state index contributed by atoms with van der Waals surface area (Å²) in [5.41, 5.74) is 9.22. The minimum Gasteiger partial charge on any atom is -0.494 e. The second-order valence-electron chi connectivity index (χ2n) is 14.6. The number of piperidine rings is 2. The van der Waals surface area contributed by atoms with Crippen LogP contribution in [-0.2, 0) is 4.74 Å². The maximum atomic E-state index is 14.5. The molecule has 7 N–H and O–H groups in total. The number of methoxy groups -OCH3 is 2. The number of hydrogen-bond acceptors (Lipinski definition) is 15. The average Bonchev–Trinajstić information content (AvgIpc) is 3.18. The van der Waals surface area contributed by atoms with Crippen molar-refractivity contribution in [3.05, 3.63) is 82.2 Å². The number of likely N-dealkylation sites (tertiary alicyclic amines) is 1. The van der Waals surface area contributed by atoms with E-state index in [0.29, 0.717) is 25.9 Å². The number of nitrogens with two attached hydrogens (primary N) is 2. The summed E-state index contributed by atoms with van der Waals surface area (Å²) < 4.78 is 71.9. The standard InChI is InChI=1S/C22H27F2N5O4.C17H19F2N5O2/c1-22(2,3)33-21(31)29-9-7-12(8-10-29)27-20-26-11-13(19(25)28-20)18(30)16-14(23)5-6-15(32-4)17(16)24;1-26-12-3-2-11(18)13(14(12)19)15(25)10-8-22-17(24-16(10)20)23-9-4-6-21-7-5-9/h5-6,11-12H,7-10H2,1-4H3,(H3,25,26,27,28);2-3,8-9,21H,4-7H2,1H3,(H3,20,22,23,24). The van der Waals surface area contributed by atoms with Crippen molar-refractivity contribution >= 4 is 41.2 Å². The fourth-order valence-electron chi connectivity index (χ4n) is 6.21. The van der Waals surface area contributed by atoms with Gasteiger partial charge in [0.25, 0.3) is 0 Å². The smallest absolute Gasteiger partial charge is 0.410 e. The number of nitrogens with zero attached hydrogens (tertiary/aromatic N) is 5. The third kappa shape index (κ3) is 10.8. The van der Waals surface area contributed by atoms with Gasteiger partial charge in [-0.15, -0.1) is 0 Å². The summed E-state index contributed by atoms with van der Waals surface area (Å²) in [6.07, 6.45) is 5.01. The molecule has 4 heterocycles. The summed E-state index contributed by atoms with van der Waals surface area (Å²) in [7, 11) is 2.43. The molecule has 0 aliphatic carbocycles. The van der Waals surface area contributed by atoms with Crippen LogP contribution in [0.3, 0.4) is 0 Å². The van der Waals surface area contributed by atoms with Crippen LogP contribution in [0.4, 0.5) is 45.9 Å². The van der Waals surface area contributed by atoms with Gasteiger partial charge >= 0.3 is 6.09 Å². The number of ether oxygens (including phenoxy) is 3. The monoisotopic (exact) mass is 826 g/mol. The Morgan fingerprint density at radius 1 is 0.729 bits per heavy atom. The van der Waals surface area contributed by atoms with Crippen molar-refractivity contribution in [1.82, 2.24) is 30.2 Å². The molecule has 16 nitrogen and oxygen atoms in total. The Morgan fingerprint density at radius 2 is 1.15 bits per heavy atom. The number of benzene rings is 2. The SMILES string of the molecule is COc1ccc(F)c(C(=O)c2cnc(NC3CCN(C(=O)OC(C)(C)C)CC3)nc2N)c1F.COc1ccc(F)c(C(=O)c2cnc(NC3CCNCC3)nc2N)c1F. The molecule has 59 heavy (non-hydrogen) atoms. The zero-order valence-corrected chi connectivity index (χ0v) is 33.1. The zero-order chi connectivity index (χ0) is 43.0. The molecule has 4 aromatic rings. The molecule has 0 atom stereocenters. The van der Waals surface area contributed by atoms with Gasteiger partial charge in [0.1, 0.15) is 28.9 Å². The second kappa shape index (κ2) is 19.0. The van der Waals surface area contributed by atoms with E-state index in [-0.39, 0.29) is 64.3 Å². The molecule has 0 spiro atoms. The molecule has 0 radical (unpaired) electrons. The highest BCUT2D eigenvalue weighted by Crippen LogP contribution is 2.29. The van der Waals surface area contributed by atoms with Gasteiger partial charge in [-0.3, -0.25) is 9.59 Å². The average molecular weight is 827 g/mol. The Balaban J connectivity index is 0.000000230. The van der Waals surface area contributed by atoms with E-state index in [9.17, 15) is 31.9 Å². The summed E-state index contributed by atoms with van der Waals surface area (Å²) in [6.45, 7) is 8.20. The van der Waals surface area contributed by atoms with Gasteiger partial charge in [-0.2, -0.15) is 9.97 Å². The van der Waals surface area contributed by atoms with Crippen LogP contribution in [0.25, 0.3) is 0 Å². The first-order valence-corrected chi connectivity index (χ1v) is 18.6. The summed E-state index contributed by atoms with van der Waals surface area (Å²) in [6, 6.07) is 4.25. The number of carbonyl (C=O) groups is 3. The van der Waals surface area contributed by atoms with Gasteiger partial charge in [-0.25, -0.2) is 32.3 Å². The number of anilines is 4. The summed E-state index contributed by atoms with van der Waals surface area (Å²) in [5, 5.41) is 9.51. The van der Waals surface area contributed by atoms with Gasteiger partial charge < -0.3 is 46.5 Å². The molecule has 2 fully saturated rings. The van der Waals surface area contributed by atoms with Crippen molar-refractivity contribution in [1.29, 1.82) is 0 Å². The van der Waals surface area contributed by atoms with E-state index in [2.05, 4.69) is 35.9 Å². The van der Waals surface area contributed by atoms with Crippen LogP contribution in [0.2, 0.25) is 0 Å². The van der Waals surface area contributed by atoms with E-state index in [0.717, 1.165) is 56.4 Å². The first-order chi connectivity index (χ1) is 28.0. The van der Waals surface area contributed by atoms with E-state index < -0.39 is 51.6 Å². The predicted octanol–water partition coefficient (Wildman–Crippen LogP) is 5.13. The Bertz CT molecular complexity index is 2180. The third-order valence-electron chi connectivity index (χ3n) is 9.28. The van der Waals surface area contributed by atoms with E-state index in [1.54, 1.807) is 4.90 Å². The number of carbonyl (C=O) groups excluding carboxylic acids is 3. The minimum atomic E-state index is -1.12. The summed E-state index contributed by atoms with van der Waals surface area (Å²) in [5.74, 6) is -6.62. The van der Waals surface area contributed by atoms with Crippen molar-refractivity contribution in [3.63, 3.8) is 0 Å². The lowest BCUT2D eigenvalue weighted by Gasteiger charge is -2.33. The molecule has 1 amide bonds. The van der Waals surface area contributed by atoms with Crippen LogP contribution >= 0.6 is 0 Å². The quantitative estimate of drug-likeness (QED) is 0.103. The normalized spacial score (nSPS) is 14.8. The maximum absolute atomic E-state index is 14.5. The van der Waals surface area contributed by atoms with Crippen LogP contribution < -0.4 is 36.9 Å². The van der Waals surface area contributed by atoms with Gasteiger partial charge in [-0.1, -0.05) is 0 Å². The van der Waals surface area contributed by atoms with Crippen molar-refractivity contribution in [3.8, 4) is 11.5 Å². The van der Waals surface area contributed by atoms with Crippen molar-refractivity contribution in [2.75, 3.05) is 62.5 Å². The van der Waals surface area contributed by atoms with Gasteiger partial charge in [-0.05, 0) is 83.8 Å². The Kier molecular flexibility index (Phi) is 14.1. The van der Waals surface area contributed by atoms with Crippen molar-refractivity contribution in [2.24, 2.45) is 0 Å². The Labute approximate surface area is 337 Å². The van der Waals surface area contributed by atoms with Crippen LogP contribution in [-0.4, -0.2) is 101 Å². The number of nitrogen functional groups attached to an aromatic ring is 2. The molecule has 0 unspecified atom stereocenters. The van der Waals surface area contributed by atoms with Gasteiger partial charge in [0.15, 0.2) is 23.1 Å². The molecule has 20 heteroatoms. The number of ketones is 2. The Hall–Kier alpha value is -6.31. The molecule has 0 saturated carbocycles. The number of aromatic nitrogens is 4. The lowest BCUT2D eigenvalue weighted by molar-refractivity contribution is 0.0210. The highest BCUT2D eigenvalue weighted by atomic mass is 19.1. The number of halogens is 4. The molecule has 0 bridgehead atoms. The van der Waals surface area contributed by atoms with Crippen LogP contribution in [0.15, 0.2) is 36.7 Å². The largest absolute Gasteiger partial charge is 0.494 e. The fraction of sp³-hybridized carbons (Fsp3) is 0.410. The Morgan fingerprint density at radius 3 is 1.54 bits per heavy atom. The lowest BCUT2D eigenvalue weighted by atomic mass is 10.0. The molecular weight excluding hydrogens is 780 g/mol. The van der Waals surface area contributed by atoms with Crippen LogP contribution in [0.5, 0.6) is 11.5 Å². The molecule has 2 aromatic heterocycles. The molecule has 6 rings (SSSR count). The topological polar surface area (TPSA) is 222 Å². The van der Waals surface area contributed by atoms with E-state index >= 15 is 0 Å². The number of amides is 1. The van der Waals surface area contributed by atoms with E-state index in [4.69, 9.17) is 25.7 Å². The number of rotatable bonds is 10. The molecule has 2 aliphatic heterocycles. The van der Waals surface area contributed by atoms with E-state index in [1.807, 2.05) is 20.8 Å². The van der Waals surface area contributed by atoms with Crippen LogP contribution in [0, 0.1) is 23.3 Å². The maximum Gasteiger partial charge on any atom is 0.410 e. The molecule has 316 valence electrons. The summed E-state index contributed by atoms with van der Waals surface area (Å²) in [4.78, 5) is 55.3. The van der Waals surface area contributed by atoms with Crippen molar-refractivity contribution in [2.45, 2.75) is 64.1 Å². The minimum absolute atomic E-state index is 0.0297. The predicted molar refractivity (Wildman–Crippen MR) is 210 cm³/mol. The van der Waals surface area contributed by atoms with Crippen LogP contribution in [0.1, 0.15) is 78.3 Å². The first kappa shape index (κ1) is 43.8. The van der Waals surface area contributed by atoms with Gasteiger partial charge in [0.05, 0.1) is 36.5 Å². The second-order valence-corrected chi connectivity index (χ2v) is 14.6. The number of hydrogen-bond donors (Lipinski definition) is 5. The van der Waals surface area contributed by atoms with Gasteiger partial charge in [0.2, 0.25) is 23.5 Å². The number of nitrogens with one attached hydrogen (secondary N) is 3. The molecular formula is C39H46F4N10O6. The van der Waals surface area contributed by atoms with Gasteiger partial charge in [0, 0.05) is 37.6 Å². The van der Waals surface area contributed by atoms with E-state index in [1.165, 1.54) is 20.4 Å².